The molecule has 3 aromatic rings. The topological polar surface area (TPSA) is 59.1 Å². The number of hydrogen-bond donors (Lipinski definition) is 2. The van der Waals surface area contributed by atoms with Crippen LogP contribution in [0.15, 0.2) is 54.6 Å². The Bertz CT molecular complexity index is 1010. The van der Waals surface area contributed by atoms with Crippen molar-refractivity contribution in [2.24, 2.45) is 0 Å². The summed E-state index contributed by atoms with van der Waals surface area (Å²) in [5, 5.41) is 6.90. The van der Waals surface area contributed by atoms with Crippen molar-refractivity contribution in [2.45, 2.75) is 32.7 Å². The lowest BCUT2D eigenvalue weighted by Crippen LogP contribution is -2.17. The molecule has 0 aliphatic heterocycles. The van der Waals surface area contributed by atoms with Crippen LogP contribution in [0, 0.1) is 0 Å². The average Bonchev–Trinajstić information content (AvgIpc) is 2.66. The standard InChI is InChI=1S/C21H20ClF3N4O/c1-3-13(2)26-20-28-18(14-6-4-9-17(10-14)30-21(23,24)25)12-19(29-20)27-16-8-5-7-15(22)11-16/h4-13H,3H2,1-2H3,(H2,26,27,28,29)/t13-/m0/s1. The molecule has 1 aromatic heterocycles. The van der Waals surface area contributed by atoms with Crippen molar-refractivity contribution in [3.8, 4) is 17.0 Å². The van der Waals surface area contributed by atoms with Gasteiger partial charge in [0.15, 0.2) is 0 Å². The van der Waals surface area contributed by atoms with E-state index in [1.54, 1.807) is 30.3 Å². The fraction of sp³-hybridized carbons (Fsp3) is 0.238. The van der Waals surface area contributed by atoms with Gasteiger partial charge in [-0.05, 0) is 43.7 Å². The van der Waals surface area contributed by atoms with Crippen LogP contribution in [0.3, 0.4) is 0 Å². The van der Waals surface area contributed by atoms with E-state index in [0.717, 1.165) is 12.1 Å². The average molecular weight is 437 g/mol. The van der Waals surface area contributed by atoms with Crippen molar-refractivity contribution in [2.75, 3.05) is 10.6 Å². The molecule has 0 aliphatic carbocycles. The number of anilines is 3. The van der Waals surface area contributed by atoms with Gasteiger partial charge in [-0.1, -0.05) is 36.7 Å². The van der Waals surface area contributed by atoms with Crippen molar-refractivity contribution >= 4 is 29.1 Å². The smallest absolute Gasteiger partial charge is 0.406 e. The Labute approximate surface area is 177 Å². The summed E-state index contributed by atoms with van der Waals surface area (Å²) in [6, 6.07) is 14.5. The summed E-state index contributed by atoms with van der Waals surface area (Å²) in [5.74, 6) is 0.503. The molecule has 2 N–H and O–H groups in total. The molecular formula is C21H20ClF3N4O. The predicted molar refractivity (Wildman–Crippen MR) is 112 cm³/mol. The van der Waals surface area contributed by atoms with Gasteiger partial charge < -0.3 is 15.4 Å². The van der Waals surface area contributed by atoms with Gasteiger partial charge in [-0.3, -0.25) is 0 Å². The van der Waals surface area contributed by atoms with Gasteiger partial charge in [0.1, 0.15) is 11.6 Å². The van der Waals surface area contributed by atoms with Gasteiger partial charge in [0, 0.05) is 28.4 Å². The molecule has 1 heterocycles. The monoisotopic (exact) mass is 436 g/mol. The zero-order valence-electron chi connectivity index (χ0n) is 16.3. The maximum absolute atomic E-state index is 12.6. The molecule has 30 heavy (non-hydrogen) atoms. The number of rotatable bonds is 7. The summed E-state index contributed by atoms with van der Waals surface area (Å²) >= 11 is 6.04. The normalized spacial score (nSPS) is 12.3. The third-order valence-corrected chi connectivity index (χ3v) is 4.41. The van der Waals surface area contributed by atoms with Gasteiger partial charge >= 0.3 is 6.36 Å². The van der Waals surface area contributed by atoms with E-state index >= 15 is 0 Å². The highest BCUT2D eigenvalue weighted by Gasteiger charge is 2.31. The second-order valence-electron chi connectivity index (χ2n) is 6.63. The molecule has 5 nitrogen and oxygen atoms in total. The van der Waals surface area contributed by atoms with Gasteiger partial charge in [0.05, 0.1) is 5.69 Å². The number of halogens is 4. The molecule has 2 aromatic carbocycles. The highest BCUT2D eigenvalue weighted by atomic mass is 35.5. The Hall–Kier alpha value is -3.00. The molecule has 9 heteroatoms. The first kappa shape index (κ1) is 21.7. The zero-order valence-corrected chi connectivity index (χ0v) is 17.1. The third-order valence-electron chi connectivity index (χ3n) is 4.17. The highest BCUT2D eigenvalue weighted by molar-refractivity contribution is 6.30. The molecule has 0 unspecified atom stereocenters. The Morgan fingerprint density at radius 1 is 1.07 bits per heavy atom. The van der Waals surface area contributed by atoms with E-state index in [-0.39, 0.29) is 11.8 Å². The maximum atomic E-state index is 12.6. The van der Waals surface area contributed by atoms with Gasteiger partial charge in [-0.15, -0.1) is 13.2 Å². The van der Waals surface area contributed by atoms with E-state index in [1.807, 2.05) is 19.9 Å². The van der Waals surface area contributed by atoms with Crippen LogP contribution >= 0.6 is 11.6 Å². The number of ether oxygens (including phenoxy) is 1. The van der Waals surface area contributed by atoms with Gasteiger partial charge in [0.25, 0.3) is 0 Å². The van der Waals surface area contributed by atoms with Crippen molar-refractivity contribution in [3.63, 3.8) is 0 Å². The molecular weight excluding hydrogens is 417 g/mol. The number of benzene rings is 2. The first-order valence-corrected chi connectivity index (χ1v) is 9.64. The summed E-state index contributed by atoms with van der Waals surface area (Å²) in [5.41, 5.74) is 1.62. The number of aromatic nitrogens is 2. The minimum absolute atomic E-state index is 0.110. The van der Waals surface area contributed by atoms with Crippen molar-refractivity contribution < 1.29 is 17.9 Å². The Morgan fingerprint density at radius 2 is 1.83 bits per heavy atom. The van der Waals surface area contributed by atoms with Crippen LogP contribution in [0.4, 0.5) is 30.6 Å². The minimum Gasteiger partial charge on any atom is -0.406 e. The lowest BCUT2D eigenvalue weighted by Gasteiger charge is -2.15. The number of hydrogen-bond acceptors (Lipinski definition) is 5. The molecule has 0 fully saturated rings. The molecule has 0 amide bonds. The van der Waals surface area contributed by atoms with Crippen LogP contribution in [-0.4, -0.2) is 22.4 Å². The van der Waals surface area contributed by atoms with Crippen LogP contribution in [0.25, 0.3) is 11.3 Å². The van der Waals surface area contributed by atoms with Crippen molar-refractivity contribution in [3.05, 3.63) is 59.6 Å². The lowest BCUT2D eigenvalue weighted by molar-refractivity contribution is -0.274. The second-order valence-corrected chi connectivity index (χ2v) is 7.06. The lowest BCUT2D eigenvalue weighted by atomic mass is 10.1. The maximum Gasteiger partial charge on any atom is 0.573 e. The quantitative estimate of drug-likeness (QED) is 0.434. The van der Waals surface area contributed by atoms with Gasteiger partial charge in [0.2, 0.25) is 5.95 Å². The molecule has 0 aliphatic rings. The van der Waals surface area contributed by atoms with Crippen LogP contribution in [0.1, 0.15) is 20.3 Å². The molecule has 0 spiro atoms. The SMILES string of the molecule is CC[C@H](C)Nc1nc(Nc2cccc(Cl)c2)cc(-c2cccc(OC(F)(F)F)c2)n1. The largest absolute Gasteiger partial charge is 0.573 e. The first-order chi connectivity index (χ1) is 14.2. The van der Waals surface area contributed by atoms with Gasteiger partial charge in [-0.2, -0.15) is 4.98 Å². The summed E-state index contributed by atoms with van der Waals surface area (Å²) < 4.78 is 41.8. The van der Waals surface area contributed by atoms with E-state index in [4.69, 9.17) is 11.6 Å². The van der Waals surface area contributed by atoms with Gasteiger partial charge in [-0.25, -0.2) is 4.98 Å². The Morgan fingerprint density at radius 3 is 2.53 bits per heavy atom. The van der Waals surface area contributed by atoms with Crippen molar-refractivity contribution in [1.29, 1.82) is 0 Å². The third kappa shape index (κ3) is 6.25. The highest BCUT2D eigenvalue weighted by Crippen LogP contribution is 2.29. The second kappa shape index (κ2) is 9.21. The van der Waals surface area contributed by atoms with E-state index in [2.05, 4.69) is 25.3 Å². The molecule has 0 radical (unpaired) electrons. The van der Waals surface area contributed by atoms with Crippen LogP contribution in [0.5, 0.6) is 5.75 Å². The predicted octanol–water partition coefficient (Wildman–Crippen LogP) is 6.65. The molecule has 0 saturated heterocycles. The molecule has 158 valence electrons. The summed E-state index contributed by atoms with van der Waals surface area (Å²) in [4.78, 5) is 8.93. The Kier molecular flexibility index (Phi) is 6.66. The molecule has 3 rings (SSSR count). The van der Waals surface area contributed by atoms with Crippen molar-refractivity contribution in [1.82, 2.24) is 9.97 Å². The Balaban J connectivity index is 1.98. The summed E-state index contributed by atoms with van der Waals surface area (Å²) in [6.07, 6.45) is -3.92. The minimum atomic E-state index is -4.77. The van der Waals surface area contributed by atoms with Crippen LogP contribution in [0.2, 0.25) is 5.02 Å². The number of nitrogens with one attached hydrogen (secondary N) is 2. The molecule has 0 bridgehead atoms. The molecule has 0 saturated carbocycles. The van der Waals surface area contributed by atoms with E-state index < -0.39 is 6.36 Å². The summed E-state index contributed by atoms with van der Waals surface area (Å²) in [7, 11) is 0. The summed E-state index contributed by atoms with van der Waals surface area (Å²) in [6.45, 7) is 4.00. The van der Waals surface area contributed by atoms with Crippen LogP contribution in [-0.2, 0) is 0 Å². The first-order valence-electron chi connectivity index (χ1n) is 9.26. The van der Waals surface area contributed by atoms with E-state index in [0.29, 0.717) is 28.0 Å². The van der Waals surface area contributed by atoms with E-state index in [1.165, 1.54) is 18.2 Å². The zero-order chi connectivity index (χ0) is 21.7. The fourth-order valence-corrected chi connectivity index (χ4v) is 2.80. The fourth-order valence-electron chi connectivity index (χ4n) is 2.61. The van der Waals surface area contributed by atoms with Crippen LogP contribution < -0.4 is 15.4 Å². The van der Waals surface area contributed by atoms with E-state index in [9.17, 15) is 13.2 Å². The number of nitrogens with zero attached hydrogens (tertiary/aromatic N) is 2. The number of alkyl halides is 3. The molecule has 1 atom stereocenters.